The maximum absolute atomic E-state index is 13.6. The molecule has 1 aromatic carbocycles. The first-order valence-corrected chi connectivity index (χ1v) is 11.8. The predicted molar refractivity (Wildman–Crippen MR) is 125 cm³/mol. The number of fused-ring (bicyclic) bond motifs is 3. The summed E-state index contributed by atoms with van der Waals surface area (Å²) < 4.78 is 0. The lowest BCUT2D eigenvalue weighted by atomic mass is 9.59. The zero-order chi connectivity index (χ0) is 25.2. The summed E-state index contributed by atoms with van der Waals surface area (Å²) in [6.07, 6.45) is 4.88. The second kappa shape index (κ2) is 8.22. The van der Waals surface area contributed by atoms with Crippen molar-refractivity contribution < 1.29 is 34.8 Å². The van der Waals surface area contributed by atoms with Crippen LogP contribution in [-0.2, 0) is 27.3 Å². The van der Waals surface area contributed by atoms with Gasteiger partial charge < -0.3 is 26.2 Å². The Kier molecular flexibility index (Phi) is 5.54. The van der Waals surface area contributed by atoms with Gasteiger partial charge in [0, 0.05) is 48.1 Å². The van der Waals surface area contributed by atoms with Gasteiger partial charge in [0.2, 0.25) is 5.78 Å². The number of nitrogens with zero attached hydrogens (tertiary/aromatic N) is 1. The smallest absolute Gasteiger partial charge is 0.255 e. The summed E-state index contributed by atoms with van der Waals surface area (Å²) in [6.45, 7) is 1.87. The van der Waals surface area contributed by atoms with Crippen molar-refractivity contribution in [3.8, 4) is 5.75 Å². The van der Waals surface area contributed by atoms with Gasteiger partial charge in [0.15, 0.2) is 11.4 Å². The van der Waals surface area contributed by atoms with E-state index in [0.29, 0.717) is 29.2 Å². The van der Waals surface area contributed by atoms with Crippen LogP contribution in [0, 0.1) is 11.8 Å². The van der Waals surface area contributed by atoms with E-state index in [4.69, 9.17) is 17.3 Å². The average molecular weight is 501 g/mol. The molecule has 1 aromatic rings. The molecule has 35 heavy (non-hydrogen) atoms. The van der Waals surface area contributed by atoms with E-state index in [1.807, 2.05) is 6.08 Å². The first-order valence-electron chi connectivity index (χ1n) is 11.4. The molecule has 184 valence electrons. The Morgan fingerprint density at radius 2 is 1.94 bits per heavy atom. The molecule has 9 nitrogen and oxygen atoms in total. The molecule has 4 aliphatic rings. The number of aromatic hydroxyl groups is 1. The Balaban J connectivity index is 1.62. The molecule has 0 radical (unpaired) electrons. The Labute approximate surface area is 205 Å². The van der Waals surface area contributed by atoms with E-state index in [2.05, 4.69) is 11.0 Å². The van der Waals surface area contributed by atoms with Crippen LogP contribution in [0.1, 0.15) is 36.0 Å². The largest absolute Gasteiger partial charge is 0.508 e. The number of hydrogen-bond donors (Lipinski definition) is 5. The fourth-order valence-electron chi connectivity index (χ4n) is 5.89. The zero-order valence-corrected chi connectivity index (χ0v) is 19.5. The summed E-state index contributed by atoms with van der Waals surface area (Å²) in [5.74, 6) is -6.46. The van der Waals surface area contributed by atoms with E-state index in [1.165, 1.54) is 0 Å². The molecule has 3 aliphatic carbocycles. The molecule has 0 unspecified atom stereocenters. The summed E-state index contributed by atoms with van der Waals surface area (Å²) in [5, 5.41) is 44.6. The zero-order valence-electron chi connectivity index (χ0n) is 18.8. The number of carbonyl (C=O) groups excluding carboxylic acids is 3. The highest BCUT2D eigenvalue weighted by Crippen LogP contribution is 2.53. The molecule has 0 saturated heterocycles. The molecular formula is C25H25ClN2O7. The van der Waals surface area contributed by atoms with Gasteiger partial charge in [-0.1, -0.05) is 23.8 Å². The molecule has 0 aromatic heterocycles. The summed E-state index contributed by atoms with van der Waals surface area (Å²) in [4.78, 5) is 39.8. The van der Waals surface area contributed by atoms with E-state index in [1.54, 1.807) is 6.07 Å². The van der Waals surface area contributed by atoms with Crippen LogP contribution in [0.2, 0.25) is 5.02 Å². The van der Waals surface area contributed by atoms with E-state index >= 15 is 0 Å². The fourth-order valence-corrected chi connectivity index (χ4v) is 6.19. The van der Waals surface area contributed by atoms with Gasteiger partial charge >= 0.3 is 0 Å². The van der Waals surface area contributed by atoms with Crippen molar-refractivity contribution in [3.05, 3.63) is 56.8 Å². The summed E-state index contributed by atoms with van der Waals surface area (Å²) in [6, 6.07) is 1.66. The minimum absolute atomic E-state index is 0.0205. The minimum atomic E-state index is -2.58. The number of phenolic OH excluding ortho intramolecular Hbond substituents is 1. The van der Waals surface area contributed by atoms with Crippen molar-refractivity contribution in [1.29, 1.82) is 0 Å². The molecule has 10 heteroatoms. The number of rotatable bonds is 3. The quantitative estimate of drug-likeness (QED) is 0.310. The number of nitrogens with two attached hydrogens (primary N) is 1. The highest BCUT2D eigenvalue weighted by Gasteiger charge is 2.60. The van der Waals surface area contributed by atoms with Gasteiger partial charge in [0.1, 0.15) is 22.8 Å². The monoisotopic (exact) mass is 500 g/mol. The number of hydrogen-bond acceptors (Lipinski definition) is 8. The average Bonchev–Trinajstić information content (AvgIpc) is 2.80. The molecule has 1 fully saturated rings. The van der Waals surface area contributed by atoms with E-state index in [9.17, 15) is 34.8 Å². The number of phenols is 1. The number of ketones is 2. The number of aliphatic hydroxyl groups excluding tert-OH is 2. The van der Waals surface area contributed by atoms with Gasteiger partial charge in [-0.05, 0) is 36.8 Å². The van der Waals surface area contributed by atoms with Crippen LogP contribution >= 0.6 is 11.6 Å². The van der Waals surface area contributed by atoms with Crippen molar-refractivity contribution in [2.75, 3.05) is 13.1 Å². The van der Waals surface area contributed by atoms with Gasteiger partial charge in [-0.3, -0.25) is 19.3 Å². The van der Waals surface area contributed by atoms with Crippen LogP contribution in [0.5, 0.6) is 5.75 Å². The van der Waals surface area contributed by atoms with Crippen molar-refractivity contribution in [2.24, 2.45) is 17.6 Å². The number of benzene rings is 1. The number of carbonyl (C=O) groups is 3. The van der Waals surface area contributed by atoms with Crippen LogP contribution in [0.3, 0.4) is 0 Å². The third kappa shape index (κ3) is 3.41. The lowest BCUT2D eigenvalue weighted by Crippen LogP contribution is -2.58. The maximum Gasteiger partial charge on any atom is 0.255 e. The number of aliphatic hydroxyl groups is 3. The third-order valence-corrected chi connectivity index (χ3v) is 7.96. The first-order chi connectivity index (χ1) is 16.6. The second-order valence-corrected chi connectivity index (χ2v) is 10.0. The van der Waals surface area contributed by atoms with E-state index in [0.717, 1.165) is 13.0 Å². The summed E-state index contributed by atoms with van der Waals surface area (Å²) >= 11 is 6.57. The number of primary amides is 1. The second-order valence-electron chi connectivity index (χ2n) is 9.62. The molecular weight excluding hydrogens is 476 g/mol. The van der Waals surface area contributed by atoms with Gasteiger partial charge in [0.05, 0.1) is 5.56 Å². The SMILES string of the molecule is NC(=O)C1=C(O)[C@@]2(O)C(=O)C3=C(O)c4c(O)c(CN5CC=CCC5)cc(Cl)c4C[C@H]3C[C@H]2CC1=O. The Morgan fingerprint density at radius 1 is 1.20 bits per heavy atom. The van der Waals surface area contributed by atoms with Crippen LogP contribution < -0.4 is 5.73 Å². The van der Waals surface area contributed by atoms with E-state index < -0.39 is 52.0 Å². The molecule has 1 saturated carbocycles. The molecule has 1 amide bonds. The number of amides is 1. The molecule has 3 atom stereocenters. The minimum Gasteiger partial charge on any atom is -0.508 e. The molecule has 1 aliphatic heterocycles. The maximum atomic E-state index is 13.6. The van der Waals surface area contributed by atoms with Crippen LogP contribution in [0.4, 0.5) is 0 Å². The first kappa shape index (κ1) is 23.6. The van der Waals surface area contributed by atoms with E-state index in [-0.39, 0.29) is 36.1 Å². The van der Waals surface area contributed by atoms with Crippen LogP contribution in [0.15, 0.2) is 35.1 Å². The number of Topliss-reactive ketones (excluding diaryl/α,β-unsaturated/α-hetero) is 2. The lowest BCUT2D eigenvalue weighted by Gasteiger charge is -2.46. The highest BCUT2D eigenvalue weighted by molar-refractivity contribution is 6.32. The Hall–Kier alpha value is -3.14. The molecule has 0 spiro atoms. The molecule has 0 bridgehead atoms. The van der Waals surface area contributed by atoms with Crippen molar-refractivity contribution >= 4 is 34.8 Å². The summed E-state index contributed by atoms with van der Waals surface area (Å²) in [5.41, 5.74) is 2.62. The molecule has 5 rings (SSSR count). The highest BCUT2D eigenvalue weighted by atomic mass is 35.5. The van der Waals surface area contributed by atoms with Crippen molar-refractivity contribution in [3.63, 3.8) is 0 Å². The van der Waals surface area contributed by atoms with Gasteiger partial charge in [-0.2, -0.15) is 0 Å². The topological polar surface area (TPSA) is 161 Å². The van der Waals surface area contributed by atoms with Crippen molar-refractivity contribution in [1.82, 2.24) is 4.90 Å². The van der Waals surface area contributed by atoms with Crippen LogP contribution in [-0.4, -0.2) is 61.5 Å². The van der Waals surface area contributed by atoms with Crippen molar-refractivity contribution in [2.45, 2.75) is 37.8 Å². The molecule has 1 heterocycles. The Bertz CT molecular complexity index is 1280. The fraction of sp³-hybridized carbons (Fsp3) is 0.400. The Morgan fingerprint density at radius 3 is 2.60 bits per heavy atom. The van der Waals surface area contributed by atoms with Gasteiger partial charge in [-0.15, -0.1) is 0 Å². The van der Waals surface area contributed by atoms with Gasteiger partial charge in [-0.25, -0.2) is 0 Å². The number of halogens is 1. The van der Waals surface area contributed by atoms with Gasteiger partial charge in [0.25, 0.3) is 5.91 Å². The van der Waals surface area contributed by atoms with Crippen LogP contribution in [0.25, 0.3) is 5.76 Å². The normalized spacial score (nSPS) is 28.6. The summed E-state index contributed by atoms with van der Waals surface area (Å²) in [7, 11) is 0. The standard InChI is InChI=1S/C25H25ClN2O7/c26-15-8-12(10-28-4-2-1-3-5-28)20(30)18-14(15)7-11-6-13-9-16(29)19(24(27)34)23(33)25(13,35)22(32)17(11)21(18)31/h1-2,8,11,13,30-31,33,35H,3-7,9-10H2,(H2,27,34)/t11-,13+,25+/m1/s1. The third-order valence-electron chi connectivity index (χ3n) is 7.62. The lowest BCUT2D eigenvalue weighted by molar-refractivity contribution is -0.147. The predicted octanol–water partition coefficient (Wildman–Crippen LogP) is 1.84. The molecule has 6 N–H and O–H groups in total.